The Balaban J connectivity index is 3.38. The van der Waals surface area contributed by atoms with Crippen molar-refractivity contribution in [2.75, 3.05) is 0 Å². The van der Waals surface area contributed by atoms with Crippen molar-refractivity contribution < 1.29 is 15.0 Å². The molecule has 0 radical (unpaired) electrons. The molecule has 3 nitrogen and oxygen atoms in total. The van der Waals surface area contributed by atoms with Crippen LogP contribution >= 0.6 is 0 Å². The third-order valence-electron chi connectivity index (χ3n) is 2.15. The van der Waals surface area contributed by atoms with Gasteiger partial charge in [-0.15, -0.1) is 0 Å². The first-order valence-corrected chi connectivity index (χ1v) is 6.02. The fourth-order valence-corrected chi connectivity index (χ4v) is 1.27. The zero-order chi connectivity index (χ0) is 12.9. The minimum atomic E-state index is -0.923. The van der Waals surface area contributed by atoms with Crippen molar-refractivity contribution in [3.63, 3.8) is 0 Å². The average Bonchev–Trinajstić information content (AvgIpc) is 2.25. The summed E-state index contributed by atoms with van der Waals surface area (Å²) in [4.78, 5) is 10.1. The van der Waals surface area contributed by atoms with Crippen LogP contribution in [0.1, 0.15) is 39.0 Å². The molecule has 0 bridgehead atoms. The predicted octanol–water partition coefficient (Wildman–Crippen LogP) is 3.07. The van der Waals surface area contributed by atoms with Gasteiger partial charge in [-0.25, -0.2) is 4.79 Å². The highest BCUT2D eigenvalue weighted by molar-refractivity contribution is 5.80. The minimum absolute atomic E-state index is 0.202. The highest BCUT2D eigenvalue weighted by atomic mass is 16.4. The summed E-state index contributed by atoms with van der Waals surface area (Å²) >= 11 is 0. The molecule has 0 spiro atoms. The summed E-state index contributed by atoms with van der Waals surface area (Å²) < 4.78 is 0. The Morgan fingerprint density at radius 1 is 1.12 bits per heavy atom. The van der Waals surface area contributed by atoms with Gasteiger partial charge >= 0.3 is 5.97 Å². The molecule has 0 saturated carbocycles. The van der Waals surface area contributed by atoms with Gasteiger partial charge in [0.1, 0.15) is 0 Å². The third-order valence-corrected chi connectivity index (χ3v) is 2.15. The summed E-state index contributed by atoms with van der Waals surface area (Å²) in [7, 11) is 0. The molecule has 0 aromatic heterocycles. The fourth-order valence-electron chi connectivity index (χ4n) is 1.27. The molecule has 96 valence electrons. The first-order chi connectivity index (χ1) is 8.13. The van der Waals surface area contributed by atoms with Gasteiger partial charge in [0.15, 0.2) is 0 Å². The summed E-state index contributed by atoms with van der Waals surface area (Å²) in [5, 5.41) is 17.4. The molecule has 0 fully saturated rings. The quantitative estimate of drug-likeness (QED) is 0.281. The molecule has 17 heavy (non-hydrogen) atoms. The van der Waals surface area contributed by atoms with Gasteiger partial charge in [0, 0.05) is 6.08 Å². The number of hydrogen-bond donors (Lipinski definition) is 2. The van der Waals surface area contributed by atoms with Gasteiger partial charge in [-0.2, -0.15) is 0 Å². The molecule has 0 aromatic rings. The Labute approximate surface area is 103 Å². The van der Waals surface area contributed by atoms with E-state index in [0.717, 1.165) is 38.2 Å². The Bertz CT molecular complexity index is 275. The van der Waals surface area contributed by atoms with E-state index in [1.165, 1.54) is 6.08 Å². The number of aliphatic carboxylic acids is 1. The van der Waals surface area contributed by atoms with Gasteiger partial charge in [0.25, 0.3) is 0 Å². The van der Waals surface area contributed by atoms with E-state index in [1.54, 1.807) is 13.0 Å². The van der Waals surface area contributed by atoms with Gasteiger partial charge in [0.2, 0.25) is 0 Å². The van der Waals surface area contributed by atoms with Crippen LogP contribution in [0.4, 0.5) is 0 Å². The topological polar surface area (TPSA) is 57.5 Å². The number of unbranched alkanes of at least 4 members (excludes halogenated alkanes) is 2. The van der Waals surface area contributed by atoms with Crippen molar-refractivity contribution >= 4 is 5.97 Å². The van der Waals surface area contributed by atoms with E-state index >= 15 is 0 Å². The van der Waals surface area contributed by atoms with E-state index in [0.29, 0.717) is 0 Å². The molecule has 3 heteroatoms. The largest absolute Gasteiger partial charge is 0.478 e. The molecule has 0 rings (SSSR count). The van der Waals surface area contributed by atoms with Crippen LogP contribution < -0.4 is 0 Å². The van der Waals surface area contributed by atoms with Crippen molar-refractivity contribution in [1.82, 2.24) is 0 Å². The number of aliphatic hydroxyl groups is 1. The number of hydrogen-bond acceptors (Lipinski definition) is 2. The Morgan fingerprint density at radius 3 is 2.41 bits per heavy atom. The number of carboxylic acid groups (broad SMARTS) is 1. The molecule has 0 unspecified atom stereocenters. The molecular weight excluding hydrogens is 216 g/mol. The number of carbonyl (C=O) groups is 1. The molecule has 1 atom stereocenters. The smallest absolute Gasteiger partial charge is 0.328 e. The summed E-state index contributed by atoms with van der Waals surface area (Å²) in [5.74, 6) is -0.923. The van der Waals surface area contributed by atoms with Crippen molar-refractivity contribution in [1.29, 1.82) is 0 Å². The van der Waals surface area contributed by atoms with Gasteiger partial charge in [-0.05, 0) is 39.0 Å². The summed E-state index contributed by atoms with van der Waals surface area (Å²) in [6.07, 6.45) is 15.1. The van der Waals surface area contributed by atoms with Crippen molar-refractivity contribution in [3.05, 3.63) is 36.5 Å². The van der Waals surface area contributed by atoms with Crippen LogP contribution in [0.25, 0.3) is 0 Å². The fraction of sp³-hybridized carbons (Fsp3) is 0.500. The lowest BCUT2D eigenvalue weighted by Crippen LogP contribution is -1.97. The Morgan fingerprint density at radius 2 is 1.76 bits per heavy atom. The zero-order valence-electron chi connectivity index (χ0n) is 10.4. The van der Waals surface area contributed by atoms with Crippen molar-refractivity contribution in [2.24, 2.45) is 0 Å². The van der Waals surface area contributed by atoms with Crippen LogP contribution in [0.2, 0.25) is 0 Å². The Hall–Kier alpha value is -1.35. The molecular formula is C14H22O3. The predicted molar refractivity (Wildman–Crippen MR) is 69.8 cm³/mol. The minimum Gasteiger partial charge on any atom is -0.478 e. The van der Waals surface area contributed by atoms with Crippen LogP contribution in [0.15, 0.2) is 36.5 Å². The van der Waals surface area contributed by atoms with Crippen molar-refractivity contribution in [3.8, 4) is 0 Å². The van der Waals surface area contributed by atoms with E-state index in [9.17, 15) is 4.79 Å². The van der Waals surface area contributed by atoms with E-state index in [-0.39, 0.29) is 6.10 Å². The van der Waals surface area contributed by atoms with E-state index < -0.39 is 5.97 Å². The molecule has 0 aliphatic carbocycles. The van der Waals surface area contributed by atoms with Crippen LogP contribution in [-0.2, 0) is 4.79 Å². The molecule has 0 heterocycles. The van der Waals surface area contributed by atoms with Gasteiger partial charge in [0.05, 0.1) is 6.10 Å². The molecule has 0 aliphatic heterocycles. The second kappa shape index (κ2) is 11.1. The standard InChI is InChI=1S/C14H22O3/c1-13(15)11-9-7-5-3-2-4-6-8-10-12-14(16)17/h3,5-6,8,10,12-13,15H,2,4,7,9,11H2,1H3,(H,16,17)/b5-3+,8-6+,12-10+/t13-/m0/s1. The summed E-state index contributed by atoms with van der Waals surface area (Å²) in [5.41, 5.74) is 0. The van der Waals surface area contributed by atoms with Crippen molar-refractivity contribution in [2.45, 2.75) is 45.1 Å². The average molecular weight is 238 g/mol. The SMILES string of the molecule is C[C@H](O)CCC/C=C/CC/C=C/C=C/C(=O)O. The molecule has 0 aromatic carbocycles. The second-order valence-corrected chi connectivity index (χ2v) is 3.95. The number of carboxylic acids is 1. The summed E-state index contributed by atoms with van der Waals surface area (Å²) in [6, 6.07) is 0. The highest BCUT2D eigenvalue weighted by Gasteiger charge is 1.92. The molecule has 0 saturated heterocycles. The maximum atomic E-state index is 10.1. The maximum absolute atomic E-state index is 10.1. The third kappa shape index (κ3) is 14.7. The lowest BCUT2D eigenvalue weighted by atomic mass is 10.1. The van der Waals surface area contributed by atoms with Crippen LogP contribution in [0, 0.1) is 0 Å². The molecule has 0 amide bonds. The van der Waals surface area contributed by atoms with Crippen LogP contribution in [0.3, 0.4) is 0 Å². The Kier molecular flexibility index (Phi) is 10.3. The van der Waals surface area contributed by atoms with E-state index in [4.69, 9.17) is 10.2 Å². The van der Waals surface area contributed by atoms with Gasteiger partial charge in [-0.3, -0.25) is 0 Å². The highest BCUT2D eigenvalue weighted by Crippen LogP contribution is 2.02. The second-order valence-electron chi connectivity index (χ2n) is 3.95. The van der Waals surface area contributed by atoms with Crippen LogP contribution in [-0.4, -0.2) is 22.3 Å². The summed E-state index contributed by atoms with van der Waals surface area (Å²) in [6.45, 7) is 1.80. The number of rotatable bonds is 9. The van der Waals surface area contributed by atoms with E-state index in [1.807, 2.05) is 6.08 Å². The zero-order valence-corrected chi connectivity index (χ0v) is 10.4. The first kappa shape index (κ1) is 15.7. The first-order valence-electron chi connectivity index (χ1n) is 6.02. The number of aliphatic hydroxyl groups excluding tert-OH is 1. The monoisotopic (exact) mass is 238 g/mol. The lowest BCUT2D eigenvalue weighted by Gasteiger charge is -1.99. The van der Waals surface area contributed by atoms with Gasteiger partial charge < -0.3 is 10.2 Å². The molecule has 2 N–H and O–H groups in total. The normalized spacial score (nSPS) is 14.0. The van der Waals surface area contributed by atoms with Gasteiger partial charge in [-0.1, -0.05) is 30.4 Å². The van der Waals surface area contributed by atoms with Crippen LogP contribution in [0.5, 0.6) is 0 Å². The number of allylic oxidation sites excluding steroid dienone is 5. The lowest BCUT2D eigenvalue weighted by molar-refractivity contribution is -0.131. The maximum Gasteiger partial charge on any atom is 0.328 e. The van der Waals surface area contributed by atoms with E-state index in [2.05, 4.69) is 12.2 Å². The molecule has 0 aliphatic rings.